The van der Waals surface area contributed by atoms with E-state index in [-0.39, 0.29) is 19.5 Å². The van der Waals surface area contributed by atoms with Crippen molar-refractivity contribution < 1.29 is 8.85 Å². The van der Waals surface area contributed by atoms with E-state index in [2.05, 4.69) is 27.7 Å². The molecule has 0 fully saturated rings. The topological polar surface area (TPSA) is 18.5 Å². The molecule has 0 aromatic heterocycles. The molecule has 0 aromatic carbocycles. The van der Waals surface area contributed by atoms with Crippen molar-refractivity contribution in [2.45, 2.75) is 52.0 Å². The zero-order valence-electron chi connectivity index (χ0n) is 8.80. The lowest BCUT2D eigenvalue weighted by Gasteiger charge is -2.08. The summed E-state index contributed by atoms with van der Waals surface area (Å²) >= 11 is 0. The van der Waals surface area contributed by atoms with Crippen molar-refractivity contribution in [2.75, 3.05) is 0 Å². The Morgan fingerprint density at radius 1 is 0.833 bits per heavy atom. The van der Waals surface area contributed by atoms with Crippen molar-refractivity contribution in [2.24, 2.45) is 0 Å². The maximum absolute atomic E-state index is 5.55. The van der Waals surface area contributed by atoms with E-state index in [0.717, 1.165) is 0 Å². The van der Waals surface area contributed by atoms with Gasteiger partial charge in [-0.25, -0.2) is 0 Å². The summed E-state index contributed by atoms with van der Waals surface area (Å²) in [7, 11) is -0.453. The van der Waals surface area contributed by atoms with E-state index in [0.29, 0.717) is 12.2 Å². The van der Waals surface area contributed by atoms with Gasteiger partial charge in [0.1, 0.15) is 0 Å². The molecule has 0 bridgehead atoms. The Kier molecular flexibility index (Phi) is 8.21. The largest absolute Gasteiger partial charge is 0.422 e. The molecule has 0 aliphatic rings. The molecule has 2 nitrogen and oxygen atoms in total. The minimum absolute atomic E-state index is 0.226. The van der Waals surface area contributed by atoms with E-state index < -0.39 is 0 Å². The maximum Gasteiger partial charge on any atom is 0.161 e. The maximum atomic E-state index is 5.55. The summed E-state index contributed by atoms with van der Waals surface area (Å²) in [6, 6.07) is 2.61. The predicted octanol–water partition coefficient (Wildman–Crippen LogP) is 0.841. The Bertz CT molecular complexity index is 85.1. The highest BCUT2D eigenvalue weighted by atomic mass is 28.2. The molecule has 0 heterocycles. The Morgan fingerprint density at radius 3 is 1.42 bits per heavy atom. The minimum atomic E-state index is -0.226. The molecule has 0 spiro atoms. The fourth-order valence-corrected chi connectivity index (χ4v) is 3.75. The Labute approximate surface area is 80.9 Å². The molecule has 0 aliphatic heterocycles. The SMILES string of the molecule is CC(C)O[SiH2]CC[SiH2]OC(C)C. The Balaban J connectivity index is 2.91. The molecule has 0 amide bonds. The van der Waals surface area contributed by atoms with Crippen LogP contribution in [0.5, 0.6) is 0 Å². The fraction of sp³-hybridized carbons (Fsp3) is 1.00. The van der Waals surface area contributed by atoms with Crippen LogP contribution in [0.25, 0.3) is 0 Å². The van der Waals surface area contributed by atoms with Gasteiger partial charge in [0.05, 0.1) is 0 Å². The van der Waals surface area contributed by atoms with E-state index in [1.54, 1.807) is 0 Å². The second kappa shape index (κ2) is 7.98. The van der Waals surface area contributed by atoms with Gasteiger partial charge >= 0.3 is 0 Å². The van der Waals surface area contributed by atoms with Crippen LogP contribution in [0, 0.1) is 0 Å². The summed E-state index contributed by atoms with van der Waals surface area (Å²) in [4.78, 5) is 0. The number of hydrogen-bond donors (Lipinski definition) is 0. The summed E-state index contributed by atoms with van der Waals surface area (Å²) in [6.45, 7) is 8.42. The van der Waals surface area contributed by atoms with Gasteiger partial charge in [-0.2, -0.15) is 0 Å². The lowest BCUT2D eigenvalue weighted by Crippen LogP contribution is -2.10. The third-order valence-electron chi connectivity index (χ3n) is 1.44. The van der Waals surface area contributed by atoms with Crippen LogP contribution in [0.2, 0.25) is 12.1 Å². The highest BCUT2D eigenvalue weighted by Gasteiger charge is 1.96. The standard InChI is InChI=1S/C8H22O2Si2/c1-7(2)9-11-5-6-12-10-8(3)4/h7-8H,5-6,11-12H2,1-4H3. The van der Waals surface area contributed by atoms with Gasteiger partial charge in [-0.1, -0.05) is 0 Å². The van der Waals surface area contributed by atoms with Crippen LogP contribution in [0.3, 0.4) is 0 Å². The van der Waals surface area contributed by atoms with Gasteiger partial charge in [-0.05, 0) is 39.8 Å². The molecule has 0 saturated heterocycles. The molecule has 0 N–H and O–H groups in total. The molecule has 0 saturated carbocycles. The first-order valence-corrected chi connectivity index (χ1v) is 8.01. The molecule has 4 heteroatoms. The average Bonchev–Trinajstić information content (AvgIpc) is 1.95. The Hall–Kier alpha value is 0.354. The van der Waals surface area contributed by atoms with Gasteiger partial charge in [0.2, 0.25) is 0 Å². The summed E-state index contributed by atoms with van der Waals surface area (Å²) in [5, 5.41) is 0. The van der Waals surface area contributed by atoms with E-state index >= 15 is 0 Å². The number of rotatable bonds is 7. The van der Waals surface area contributed by atoms with Crippen LogP contribution in [0.4, 0.5) is 0 Å². The van der Waals surface area contributed by atoms with Gasteiger partial charge in [-0.3, -0.25) is 0 Å². The highest BCUT2D eigenvalue weighted by molar-refractivity contribution is 6.34. The first-order chi connectivity index (χ1) is 5.63. The molecule has 0 unspecified atom stereocenters. The van der Waals surface area contributed by atoms with Crippen molar-refractivity contribution >= 4 is 19.5 Å². The van der Waals surface area contributed by atoms with E-state index in [1.165, 1.54) is 12.1 Å². The van der Waals surface area contributed by atoms with Gasteiger partial charge in [0.15, 0.2) is 19.5 Å². The van der Waals surface area contributed by atoms with Gasteiger partial charge in [-0.15, -0.1) is 0 Å². The van der Waals surface area contributed by atoms with Gasteiger partial charge < -0.3 is 8.85 Å². The van der Waals surface area contributed by atoms with E-state index in [9.17, 15) is 0 Å². The third-order valence-corrected chi connectivity index (χ3v) is 5.82. The molecular formula is C8H22O2Si2. The third kappa shape index (κ3) is 10.4. The van der Waals surface area contributed by atoms with Crippen molar-refractivity contribution in [1.29, 1.82) is 0 Å². The van der Waals surface area contributed by atoms with Gasteiger partial charge in [0.25, 0.3) is 0 Å². The molecule has 12 heavy (non-hydrogen) atoms. The molecule has 0 radical (unpaired) electrons. The molecule has 0 aliphatic carbocycles. The summed E-state index contributed by atoms with van der Waals surface area (Å²) in [5.41, 5.74) is 0. The van der Waals surface area contributed by atoms with Crippen molar-refractivity contribution in [1.82, 2.24) is 0 Å². The normalized spacial score (nSPS) is 13.5. The highest BCUT2D eigenvalue weighted by Crippen LogP contribution is 1.95. The fourth-order valence-electron chi connectivity index (χ4n) is 0.842. The van der Waals surface area contributed by atoms with Crippen molar-refractivity contribution in [3.8, 4) is 0 Å². The van der Waals surface area contributed by atoms with Crippen molar-refractivity contribution in [3.63, 3.8) is 0 Å². The summed E-state index contributed by atoms with van der Waals surface area (Å²) in [6.07, 6.45) is 0.869. The summed E-state index contributed by atoms with van der Waals surface area (Å²) < 4.78 is 11.1. The molecule has 0 aromatic rings. The molecular weight excluding hydrogens is 184 g/mol. The minimum Gasteiger partial charge on any atom is -0.422 e. The van der Waals surface area contributed by atoms with Crippen LogP contribution >= 0.6 is 0 Å². The smallest absolute Gasteiger partial charge is 0.161 e. The van der Waals surface area contributed by atoms with Gasteiger partial charge in [0, 0.05) is 12.2 Å². The first-order valence-electron chi connectivity index (χ1n) is 4.86. The molecule has 0 rings (SSSR count). The second-order valence-corrected chi connectivity index (χ2v) is 6.44. The first kappa shape index (κ1) is 12.4. The van der Waals surface area contributed by atoms with E-state index in [4.69, 9.17) is 8.85 Å². The monoisotopic (exact) mass is 206 g/mol. The molecule has 0 atom stereocenters. The van der Waals surface area contributed by atoms with Crippen LogP contribution < -0.4 is 0 Å². The summed E-state index contributed by atoms with van der Waals surface area (Å²) in [5.74, 6) is 0. The van der Waals surface area contributed by atoms with Crippen LogP contribution in [-0.2, 0) is 8.85 Å². The number of hydrogen-bond acceptors (Lipinski definition) is 2. The lowest BCUT2D eigenvalue weighted by molar-refractivity contribution is 0.250. The zero-order valence-corrected chi connectivity index (χ0v) is 11.6. The van der Waals surface area contributed by atoms with Crippen LogP contribution in [0.1, 0.15) is 27.7 Å². The quantitative estimate of drug-likeness (QED) is 0.454. The predicted molar refractivity (Wildman–Crippen MR) is 59.1 cm³/mol. The van der Waals surface area contributed by atoms with Crippen LogP contribution in [-0.4, -0.2) is 31.7 Å². The lowest BCUT2D eigenvalue weighted by atomic mass is 10.5. The zero-order chi connectivity index (χ0) is 9.40. The van der Waals surface area contributed by atoms with Crippen molar-refractivity contribution in [3.05, 3.63) is 0 Å². The molecule has 74 valence electrons. The average molecular weight is 206 g/mol. The van der Waals surface area contributed by atoms with E-state index in [1.807, 2.05) is 0 Å². The Morgan fingerprint density at radius 2 is 1.17 bits per heavy atom. The van der Waals surface area contributed by atoms with Crippen LogP contribution in [0.15, 0.2) is 0 Å². The second-order valence-electron chi connectivity index (χ2n) is 3.55.